The molecule has 4 bridgehead atoms. The van der Waals surface area contributed by atoms with Gasteiger partial charge in [0.1, 0.15) is 5.60 Å². The van der Waals surface area contributed by atoms with Crippen molar-refractivity contribution in [3.05, 3.63) is 0 Å². The van der Waals surface area contributed by atoms with Crippen LogP contribution in [0.3, 0.4) is 0 Å². The second kappa shape index (κ2) is 6.75. The van der Waals surface area contributed by atoms with Crippen LogP contribution in [0.15, 0.2) is 0 Å². The highest BCUT2D eigenvalue weighted by atomic mass is 16.6. The molecule has 1 N–H and O–H groups in total. The van der Waals surface area contributed by atoms with Crippen molar-refractivity contribution < 1.29 is 24.1 Å². The molecule has 5 unspecified atom stereocenters. The number of carbonyl (C=O) groups is 1. The number of esters is 1. The van der Waals surface area contributed by atoms with E-state index in [0.717, 1.165) is 25.7 Å². The molecule has 0 spiro atoms. The molecule has 0 aromatic rings. The van der Waals surface area contributed by atoms with Crippen molar-refractivity contribution in [3.63, 3.8) is 0 Å². The van der Waals surface area contributed by atoms with Crippen LogP contribution in [0.2, 0.25) is 0 Å². The van der Waals surface area contributed by atoms with Crippen molar-refractivity contribution in [2.75, 3.05) is 13.2 Å². The van der Waals surface area contributed by atoms with Gasteiger partial charge in [-0.3, -0.25) is 4.79 Å². The fourth-order valence-corrected chi connectivity index (χ4v) is 5.70. The van der Waals surface area contributed by atoms with Gasteiger partial charge in [0.05, 0.1) is 35.9 Å². The topological polar surface area (TPSA) is 65.0 Å². The zero-order valence-corrected chi connectivity index (χ0v) is 17.1. The van der Waals surface area contributed by atoms with E-state index in [1.54, 1.807) is 0 Å². The molecule has 5 nitrogen and oxygen atoms in total. The minimum absolute atomic E-state index is 0.156. The highest BCUT2D eigenvalue weighted by molar-refractivity contribution is 5.78. The lowest BCUT2D eigenvalue weighted by molar-refractivity contribution is -0.256. The Bertz CT molecular complexity index is 541. The summed E-state index contributed by atoms with van der Waals surface area (Å²) in [6.45, 7) is 10.9. The molecule has 26 heavy (non-hydrogen) atoms. The van der Waals surface area contributed by atoms with Crippen molar-refractivity contribution in [2.24, 2.45) is 11.3 Å². The monoisotopic (exact) mass is 368 g/mol. The summed E-state index contributed by atoms with van der Waals surface area (Å²) >= 11 is 0. The van der Waals surface area contributed by atoms with E-state index in [2.05, 4.69) is 13.8 Å². The van der Waals surface area contributed by atoms with E-state index in [1.165, 1.54) is 0 Å². The molecule has 5 atom stereocenters. The third-order valence-corrected chi connectivity index (χ3v) is 6.29. The predicted molar refractivity (Wildman–Crippen MR) is 98.8 cm³/mol. The van der Waals surface area contributed by atoms with Crippen LogP contribution in [0, 0.1) is 11.3 Å². The van der Waals surface area contributed by atoms with Crippen LogP contribution in [-0.2, 0) is 19.0 Å². The Kier molecular flexibility index (Phi) is 5.22. The maximum absolute atomic E-state index is 13.0. The predicted octanol–water partition coefficient (Wildman–Crippen LogP) is 3.61. The molecule has 4 aliphatic carbocycles. The highest BCUT2D eigenvalue weighted by Crippen LogP contribution is 2.64. The summed E-state index contributed by atoms with van der Waals surface area (Å²) in [5, 5.41) is 11.1. The summed E-state index contributed by atoms with van der Waals surface area (Å²) in [5.41, 5.74) is -2.32. The number of carbonyl (C=O) groups excluding carboxylic acids is 1. The van der Waals surface area contributed by atoms with Crippen LogP contribution >= 0.6 is 0 Å². The minimum Gasteiger partial charge on any atom is -0.460 e. The summed E-state index contributed by atoms with van der Waals surface area (Å²) in [6, 6.07) is 0. The number of aliphatic hydroxyl groups is 1. The normalized spacial score (nSPS) is 39.8. The van der Waals surface area contributed by atoms with Gasteiger partial charge in [-0.05, 0) is 72.1 Å². The fraction of sp³-hybridized carbons (Fsp3) is 0.952. The first-order valence-electron chi connectivity index (χ1n) is 10.2. The van der Waals surface area contributed by atoms with Crippen LogP contribution in [0.4, 0.5) is 0 Å². The Morgan fingerprint density at radius 1 is 1.15 bits per heavy atom. The van der Waals surface area contributed by atoms with Gasteiger partial charge < -0.3 is 19.3 Å². The molecule has 0 radical (unpaired) electrons. The van der Waals surface area contributed by atoms with Gasteiger partial charge in [-0.2, -0.15) is 0 Å². The third-order valence-electron chi connectivity index (χ3n) is 6.29. The van der Waals surface area contributed by atoms with Gasteiger partial charge in [0, 0.05) is 6.42 Å². The summed E-state index contributed by atoms with van der Waals surface area (Å²) < 4.78 is 17.8. The molecule has 0 aromatic carbocycles. The molecule has 4 rings (SSSR count). The maximum atomic E-state index is 13.0. The van der Waals surface area contributed by atoms with Crippen LogP contribution < -0.4 is 0 Å². The van der Waals surface area contributed by atoms with E-state index in [0.29, 0.717) is 38.4 Å². The lowest BCUT2D eigenvalue weighted by Gasteiger charge is -2.63. The van der Waals surface area contributed by atoms with Gasteiger partial charge in [0.15, 0.2) is 0 Å². The average Bonchev–Trinajstić information content (AvgIpc) is 2.47. The van der Waals surface area contributed by atoms with E-state index in [-0.39, 0.29) is 12.1 Å². The molecular formula is C21H36O5. The zero-order chi connectivity index (χ0) is 19.2. The van der Waals surface area contributed by atoms with E-state index in [9.17, 15) is 9.90 Å². The molecular weight excluding hydrogens is 332 g/mol. The first kappa shape index (κ1) is 20.1. The first-order chi connectivity index (χ1) is 12.0. The van der Waals surface area contributed by atoms with Gasteiger partial charge in [-0.1, -0.05) is 6.92 Å². The molecule has 4 fully saturated rings. The van der Waals surface area contributed by atoms with Crippen molar-refractivity contribution >= 4 is 5.97 Å². The van der Waals surface area contributed by atoms with E-state index in [4.69, 9.17) is 14.2 Å². The van der Waals surface area contributed by atoms with Crippen LogP contribution in [0.1, 0.15) is 79.6 Å². The van der Waals surface area contributed by atoms with Gasteiger partial charge >= 0.3 is 5.97 Å². The number of hydrogen-bond donors (Lipinski definition) is 1. The van der Waals surface area contributed by atoms with Crippen molar-refractivity contribution in [1.82, 2.24) is 0 Å². The maximum Gasteiger partial charge on any atom is 0.312 e. The lowest BCUT2D eigenvalue weighted by atomic mass is 9.46. The SMILES string of the molecule is CCC(C)OCCOC12CC3CC(O)(C1)CC(C(=O)OC(C)(C)C)(C3)C2. The van der Waals surface area contributed by atoms with Gasteiger partial charge in [-0.25, -0.2) is 0 Å². The van der Waals surface area contributed by atoms with E-state index < -0.39 is 22.2 Å². The highest BCUT2D eigenvalue weighted by Gasteiger charge is 2.67. The number of rotatable bonds is 7. The molecule has 5 heteroatoms. The average molecular weight is 369 g/mol. The van der Waals surface area contributed by atoms with Crippen LogP contribution in [0.25, 0.3) is 0 Å². The zero-order valence-electron chi connectivity index (χ0n) is 17.1. The molecule has 0 saturated heterocycles. The van der Waals surface area contributed by atoms with Gasteiger partial charge in [0.25, 0.3) is 0 Å². The Balaban J connectivity index is 1.71. The van der Waals surface area contributed by atoms with Crippen molar-refractivity contribution in [2.45, 2.75) is 102 Å². The Morgan fingerprint density at radius 3 is 2.50 bits per heavy atom. The first-order valence-corrected chi connectivity index (χ1v) is 10.2. The Morgan fingerprint density at radius 2 is 1.88 bits per heavy atom. The molecule has 0 aromatic heterocycles. The second-order valence-corrected chi connectivity index (χ2v) is 10.1. The standard InChI is InChI=1S/C21H36O5/c1-6-15(2)24-7-8-25-21-11-16-9-19(13-21,12-20(23,10-16)14-21)17(22)26-18(3,4)5/h15-16,23H,6-14H2,1-5H3. The second-order valence-electron chi connectivity index (χ2n) is 10.1. The molecule has 0 heterocycles. The summed E-state index contributed by atoms with van der Waals surface area (Å²) in [7, 11) is 0. The Hall–Kier alpha value is -0.650. The summed E-state index contributed by atoms with van der Waals surface area (Å²) in [4.78, 5) is 13.0. The number of hydrogen-bond acceptors (Lipinski definition) is 5. The van der Waals surface area contributed by atoms with Gasteiger partial charge in [-0.15, -0.1) is 0 Å². The quantitative estimate of drug-likeness (QED) is 0.549. The van der Waals surface area contributed by atoms with Crippen LogP contribution in [0.5, 0.6) is 0 Å². The fourth-order valence-electron chi connectivity index (χ4n) is 5.70. The Labute approximate surface area is 157 Å². The van der Waals surface area contributed by atoms with Crippen LogP contribution in [-0.4, -0.2) is 47.2 Å². The van der Waals surface area contributed by atoms with E-state index >= 15 is 0 Å². The largest absolute Gasteiger partial charge is 0.460 e. The molecule has 0 aliphatic heterocycles. The molecule has 150 valence electrons. The molecule has 0 amide bonds. The smallest absolute Gasteiger partial charge is 0.312 e. The summed E-state index contributed by atoms with van der Waals surface area (Å²) in [5.74, 6) is 0.176. The van der Waals surface area contributed by atoms with Crippen molar-refractivity contribution in [1.29, 1.82) is 0 Å². The molecule has 4 aliphatic rings. The lowest BCUT2D eigenvalue weighted by Crippen LogP contribution is -2.66. The minimum atomic E-state index is -0.798. The third kappa shape index (κ3) is 4.10. The summed E-state index contributed by atoms with van der Waals surface area (Å²) in [6.07, 6.45) is 5.55. The number of ether oxygens (including phenoxy) is 3. The van der Waals surface area contributed by atoms with Crippen molar-refractivity contribution in [3.8, 4) is 0 Å². The van der Waals surface area contributed by atoms with Gasteiger partial charge in [0.2, 0.25) is 0 Å². The van der Waals surface area contributed by atoms with E-state index in [1.807, 2.05) is 20.8 Å². The molecule has 4 saturated carbocycles.